The van der Waals surface area contributed by atoms with E-state index < -0.39 is 7.32 Å². The third-order valence-corrected chi connectivity index (χ3v) is 2.47. The molecule has 1 aromatic carbocycles. The summed E-state index contributed by atoms with van der Waals surface area (Å²) in [5, 5.41) is 20.2. The Kier molecular flexibility index (Phi) is 3.89. The van der Waals surface area contributed by atoms with Gasteiger partial charge >= 0.3 is 7.32 Å². The van der Waals surface area contributed by atoms with Crippen molar-refractivity contribution in [2.45, 2.75) is 6.92 Å². The van der Waals surface area contributed by atoms with Crippen molar-refractivity contribution in [1.82, 2.24) is 0 Å². The molecule has 3 N–H and O–H groups in total. The molecule has 0 aliphatic rings. The molecule has 1 aromatic heterocycles. The van der Waals surface area contributed by atoms with Crippen LogP contribution in [0.3, 0.4) is 0 Å². The van der Waals surface area contributed by atoms with E-state index in [-0.39, 0.29) is 11.7 Å². The van der Waals surface area contributed by atoms with Gasteiger partial charge in [0.25, 0.3) is 5.91 Å². The van der Waals surface area contributed by atoms with Gasteiger partial charge in [0.15, 0.2) is 0 Å². The second kappa shape index (κ2) is 5.60. The van der Waals surface area contributed by atoms with Gasteiger partial charge in [0.05, 0.1) is 17.5 Å². The second-order valence-corrected chi connectivity index (χ2v) is 3.78. The van der Waals surface area contributed by atoms with Crippen LogP contribution < -0.4 is 9.97 Å². The SMILES string of the molecule is Cc1occc1C(=O)Nc1ccccc1OB(O)O. The zero-order valence-electron chi connectivity index (χ0n) is 10.2. The highest BCUT2D eigenvalue weighted by molar-refractivity contribution is 6.34. The van der Waals surface area contributed by atoms with E-state index in [4.69, 9.17) is 19.1 Å². The Morgan fingerprint density at radius 3 is 2.68 bits per heavy atom. The zero-order valence-corrected chi connectivity index (χ0v) is 10.2. The predicted molar refractivity (Wildman–Crippen MR) is 68.7 cm³/mol. The maximum Gasteiger partial charge on any atom is 0.707 e. The van der Waals surface area contributed by atoms with Crippen LogP contribution in [-0.2, 0) is 0 Å². The molecule has 0 aliphatic heterocycles. The molecule has 1 amide bonds. The van der Waals surface area contributed by atoms with Gasteiger partial charge in [-0.2, -0.15) is 0 Å². The molecule has 1 heterocycles. The van der Waals surface area contributed by atoms with E-state index in [9.17, 15) is 4.79 Å². The molecule has 0 bridgehead atoms. The van der Waals surface area contributed by atoms with E-state index in [1.807, 2.05) is 0 Å². The smallest absolute Gasteiger partial charge is 0.510 e. The first kappa shape index (κ1) is 13.2. The van der Waals surface area contributed by atoms with Gasteiger partial charge < -0.3 is 24.4 Å². The number of carbonyl (C=O) groups excluding carboxylic acids is 1. The van der Waals surface area contributed by atoms with Gasteiger partial charge in [-0.3, -0.25) is 4.79 Å². The first-order valence-corrected chi connectivity index (χ1v) is 5.55. The highest BCUT2D eigenvalue weighted by Gasteiger charge is 2.17. The highest BCUT2D eigenvalue weighted by Crippen LogP contribution is 2.25. The average molecular weight is 261 g/mol. The Balaban J connectivity index is 2.19. The summed E-state index contributed by atoms with van der Waals surface area (Å²) in [6, 6.07) is 7.99. The van der Waals surface area contributed by atoms with Gasteiger partial charge in [-0.05, 0) is 25.1 Å². The first-order valence-electron chi connectivity index (χ1n) is 5.55. The molecule has 0 fully saturated rings. The third kappa shape index (κ3) is 3.15. The van der Waals surface area contributed by atoms with Gasteiger partial charge in [0.1, 0.15) is 11.5 Å². The van der Waals surface area contributed by atoms with E-state index >= 15 is 0 Å². The molecular formula is C12H12BNO5. The highest BCUT2D eigenvalue weighted by atomic mass is 16.6. The van der Waals surface area contributed by atoms with Gasteiger partial charge in [-0.1, -0.05) is 12.1 Å². The number of anilines is 1. The maximum absolute atomic E-state index is 12.0. The quantitative estimate of drug-likeness (QED) is 0.719. The van der Waals surface area contributed by atoms with Crippen LogP contribution in [0.4, 0.5) is 5.69 Å². The predicted octanol–water partition coefficient (Wildman–Crippen LogP) is 1.19. The molecule has 0 saturated carbocycles. The molecule has 0 spiro atoms. The molecule has 6 nitrogen and oxygen atoms in total. The summed E-state index contributed by atoms with van der Waals surface area (Å²) in [6.45, 7) is 1.68. The van der Waals surface area contributed by atoms with Crippen molar-refractivity contribution < 1.29 is 23.9 Å². The summed E-state index contributed by atoms with van der Waals surface area (Å²) in [6.07, 6.45) is 1.42. The maximum atomic E-state index is 12.0. The van der Waals surface area contributed by atoms with Gasteiger partial charge in [0, 0.05) is 0 Å². The monoisotopic (exact) mass is 261 g/mol. The summed E-state index contributed by atoms with van der Waals surface area (Å²) in [4.78, 5) is 12.0. The van der Waals surface area contributed by atoms with Crippen LogP contribution in [0.1, 0.15) is 16.1 Å². The number of aryl methyl sites for hydroxylation is 1. The lowest BCUT2D eigenvalue weighted by Gasteiger charge is -2.11. The largest absolute Gasteiger partial charge is 0.707 e. The Hall–Kier alpha value is -2.25. The summed E-state index contributed by atoms with van der Waals surface area (Å²) < 4.78 is 9.81. The fraction of sp³-hybridized carbons (Fsp3) is 0.0833. The fourth-order valence-electron chi connectivity index (χ4n) is 1.60. The summed E-state index contributed by atoms with van der Waals surface area (Å²) in [5.41, 5.74) is 0.737. The zero-order chi connectivity index (χ0) is 13.8. The number of rotatable bonds is 4. The molecule has 0 atom stereocenters. The van der Waals surface area contributed by atoms with E-state index in [1.54, 1.807) is 31.2 Å². The number of para-hydroxylation sites is 2. The summed E-state index contributed by atoms with van der Waals surface area (Å²) >= 11 is 0. The first-order chi connectivity index (χ1) is 9.08. The average Bonchev–Trinajstić information content (AvgIpc) is 2.77. The van der Waals surface area contributed by atoms with Crippen molar-refractivity contribution in [2.24, 2.45) is 0 Å². The Morgan fingerprint density at radius 2 is 2.05 bits per heavy atom. The number of carbonyl (C=O) groups is 1. The second-order valence-electron chi connectivity index (χ2n) is 3.78. The summed E-state index contributed by atoms with van der Waals surface area (Å²) in [7, 11) is -1.95. The molecule has 0 radical (unpaired) electrons. The van der Waals surface area contributed by atoms with Crippen molar-refractivity contribution >= 4 is 18.9 Å². The number of amides is 1. The number of nitrogens with one attached hydrogen (secondary N) is 1. The minimum Gasteiger partial charge on any atom is -0.510 e. The van der Waals surface area contributed by atoms with Gasteiger partial charge in [-0.15, -0.1) is 0 Å². The molecule has 2 aromatic rings. The van der Waals surface area contributed by atoms with E-state index in [1.165, 1.54) is 12.3 Å². The van der Waals surface area contributed by atoms with Crippen LogP contribution in [0.25, 0.3) is 0 Å². The number of benzene rings is 1. The number of hydrogen-bond donors (Lipinski definition) is 3. The topological polar surface area (TPSA) is 91.9 Å². The summed E-state index contributed by atoms with van der Waals surface area (Å²) in [5.74, 6) is 0.291. The van der Waals surface area contributed by atoms with Crippen molar-refractivity contribution in [1.29, 1.82) is 0 Å². The lowest BCUT2D eigenvalue weighted by atomic mass is 10.2. The van der Waals surface area contributed by atoms with Crippen LogP contribution in [0, 0.1) is 6.92 Å². The van der Waals surface area contributed by atoms with Crippen molar-refractivity contribution in [3.05, 3.63) is 47.9 Å². The minimum atomic E-state index is -1.95. The normalized spacial score (nSPS) is 10.1. The van der Waals surface area contributed by atoms with Crippen LogP contribution in [0.15, 0.2) is 41.0 Å². The van der Waals surface area contributed by atoms with E-state index in [0.717, 1.165) is 0 Å². The van der Waals surface area contributed by atoms with Gasteiger partial charge in [0.2, 0.25) is 0 Å². The Labute approximate surface area is 109 Å². The third-order valence-electron chi connectivity index (χ3n) is 2.47. The molecule has 19 heavy (non-hydrogen) atoms. The lowest BCUT2D eigenvalue weighted by Crippen LogP contribution is -2.22. The van der Waals surface area contributed by atoms with Gasteiger partial charge in [-0.25, -0.2) is 0 Å². The van der Waals surface area contributed by atoms with Crippen molar-refractivity contribution in [3.8, 4) is 5.75 Å². The van der Waals surface area contributed by atoms with E-state index in [2.05, 4.69) is 5.32 Å². The molecule has 7 heteroatoms. The molecule has 2 rings (SSSR count). The van der Waals surface area contributed by atoms with Crippen LogP contribution in [0.5, 0.6) is 5.75 Å². The standard InChI is InChI=1S/C12H12BNO5/c1-8-9(6-7-18-8)12(15)14-10-4-2-3-5-11(10)19-13(16)17/h2-7,16-17H,1H3,(H,14,15). The van der Waals surface area contributed by atoms with Crippen LogP contribution in [0.2, 0.25) is 0 Å². The molecule has 0 aliphatic carbocycles. The molecular weight excluding hydrogens is 249 g/mol. The number of furan rings is 1. The molecule has 98 valence electrons. The van der Waals surface area contributed by atoms with Crippen molar-refractivity contribution in [3.63, 3.8) is 0 Å². The van der Waals surface area contributed by atoms with Crippen LogP contribution in [-0.4, -0.2) is 23.3 Å². The molecule has 0 unspecified atom stereocenters. The lowest BCUT2D eigenvalue weighted by molar-refractivity contribution is 0.102. The Bertz CT molecular complexity index is 581. The minimum absolute atomic E-state index is 0.159. The number of hydrogen-bond acceptors (Lipinski definition) is 5. The van der Waals surface area contributed by atoms with Crippen LogP contribution >= 0.6 is 0 Å². The fourth-order valence-corrected chi connectivity index (χ4v) is 1.60. The Morgan fingerprint density at radius 1 is 1.32 bits per heavy atom. The molecule has 0 saturated heterocycles. The van der Waals surface area contributed by atoms with E-state index in [0.29, 0.717) is 17.0 Å². The van der Waals surface area contributed by atoms with Crippen molar-refractivity contribution in [2.75, 3.05) is 5.32 Å².